The van der Waals surface area contributed by atoms with Crippen molar-refractivity contribution in [2.45, 2.75) is 19.0 Å². The average molecular weight is 268 g/mol. The van der Waals surface area contributed by atoms with Crippen molar-refractivity contribution in [2.24, 2.45) is 5.41 Å². The molecule has 2 rings (SSSR count). The van der Waals surface area contributed by atoms with Crippen LogP contribution in [-0.2, 0) is 0 Å². The van der Waals surface area contributed by atoms with Crippen molar-refractivity contribution in [3.8, 4) is 0 Å². The maximum Gasteiger partial charge on any atom is 0.401 e. The van der Waals surface area contributed by atoms with E-state index in [2.05, 4.69) is 17.5 Å². The second kappa shape index (κ2) is 4.97. The molecule has 0 aromatic rings. The van der Waals surface area contributed by atoms with Gasteiger partial charge in [0.25, 0.3) is 0 Å². The number of rotatable bonds is 4. The van der Waals surface area contributed by atoms with Crippen molar-refractivity contribution in [1.29, 1.82) is 0 Å². The molecule has 0 spiro atoms. The Balaban J connectivity index is 1.71. The minimum absolute atomic E-state index is 0.370. The molecule has 0 radical (unpaired) electrons. The molecule has 0 amide bonds. The third kappa shape index (κ3) is 4.03. The second-order valence-electron chi connectivity index (χ2n) is 5.33. The maximum absolute atomic E-state index is 12.2. The summed E-state index contributed by atoms with van der Waals surface area (Å²) in [5.41, 5.74) is 0.370. The van der Waals surface area contributed by atoms with Crippen molar-refractivity contribution < 1.29 is 13.2 Å². The fraction of sp³-hybridized carbons (Fsp3) is 1.00. The highest BCUT2D eigenvalue weighted by Crippen LogP contribution is 2.47. The molecule has 1 aliphatic carbocycles. The third-order valence-corrected chi connectivity index (χ3v) is 4.39. The predicted molar refractivity (Wildman–Crippen MR) is 64.5 cm³/mol. The topological polar surface area (TPSA) is 6.48 Å². The Morgan fingerprint density at radius 2 is 1.53 bits per heavy atom. The molecule has 0 aromatic carbocycles. The van der Waals surface area contributed by atoms with Crippen molar-refractivity contribution >= 4 is 12.6 Å². The first-order chi connectivity index (χ1) is 7.92. The van der Waals surface area contributed by atoms with Crippen LogP contribution in [0.5, 0.6) is 0 Å². The highest BCUT2D eigenvalue weighted by atomic mass is 32.1. The normalized spacial score (nSPS) is 26.1. The molecular weight excluding hydrogens is 249 g/mol. The summed E-state index contributed by atoms with van der Waals surface area (Å²) in [4.78, 5) is 3.78. The van der Waals surface area contributed by atoms with Crippen LogP contribution in [0, 0.1) is 5.41 Å². The number of piperazine rings is 1. The van der Waals surface area contributed by atoms with Gasteiger partial charge in [-0.2, -0.15) is 25.8 Å². The number of alkyl halides is 3. The van der Waals surface area contributed by atoms with Gasteiger partial charge in [-0.3, -0.25) is 4.90 Å². The molecule has 0 aromatic heterocycles. The Labute approximate surface area is 106 Å². The van der Waals surface area contributed by atoms with Gasteiger partial charge in [-0.1, -0.05) is 0 Å². The summed E-state index contributed by atoms with van der Waals surface area (Å²) in [7, 11) is 0. The van der Waals surface area contributed by atoms with Gasteiger partial charge in [-0.15, -0.1) is 0 Å². The summed E-state index contributed by atoms with van der Waals surface area (Å²) in [6.07, 6.45) is -1.62. The van der Waals surface area contributed by atoms with E-state index in [1.54, 1.807) is 0 Å². The lowest BCUT2D eigenvalue weighted by molar-refractivity contribution is -0.149. The predicted octanol–water partition coefficient (Wildman–Crippen LogP) is 1.88. The molecule has 0 unspecified atom stereocenters. The number of halogens is 3. The molecule has 1 aliphatic heterocycles. The minimum Gasteiger partial charge on any atom is -0.300 e. The van der Waals surface area contributed by atoms with Gasteiger partial charge in [0.2, 0.25) is 0 Å². The van der Waals surface area contributed by atoms with Gasteiger partial charge in [0.15, 0.2) is 0 Å². The van der Waals surface area contributed by atoms with E-state index in [-0.39, 0.29) is 0 Å². The number of thiol groups is 1. The van der Waals surface area contributed by atoms with E-state index in [1.807, 2.05) is 0 Å². The van der Waals surface area contributed by atoms with E-state index in [0.29, 0.717) is 18.5 Å². The van der Waals surface area contributed by atoms with Crippen LogP contribution in [0.2, 0.25) is 0 Å². The highest BCUT2D eigenvalue weighted by Gasteiger charge is 2.43. The number of hydrogen-bond acceptors (Lipinski definition) is 3. The van der Waals surface area contributed by atoms with E-state index in [0.717, 1.165) is 25.4 Å². The third-order valence-electron chi connectivity index (χ3n) is 3.72. The monoisotopic (exact) mass is 268 g/mol. The molecule has 0 atom stereocenters. The zero-order chi connectivity index (χ0) is 12.5. The largest absolute Gasteiger partial charge is 0.401 e. The minimum atomic E-state index is -4.06. The second-order valence-corrected chi connectivity index (χ2v) is 5.64. The van der Waals surface area contributed by atoms with E-state index in [1.165, 1.54) is 17.7 Å². The number of nitrogens with zero attached hydrogens (tertiary/aromatic N) is 2. The zero-order valence-corrected chi connectivity index (χ0v) is 10.7. The van der Waals surface area contributed by atoms with Crippen LogP contribution in [0.3, 0.4) is 0 Å². The lowest BCUT2D eigenvalue weighted by Gasteiger charge is -2.36. The molecule has 17 heavy (non-hydrogen) atoms. The summed E-state index contributed by atoms with van der Waals surface area (Å²) in [6, 6.07) is 0. The summed E-state index contributed by atoms with van der Waals surface area (Å²) < 4.78 is 36.6. The quantitative estimate of drug-likeness (QED) is 0.778. The zero-order valence-electron chi connectivity index (χ0n) is 9.84. The molecular formula is C11H19F3N2S. The van der Waals surface area contributed by atoms with Gasteiger partial charge in [0, 0.05) is 32.7 Å². The van der Waals surface area contributed by atoms with Crippen LogP contribution < -0.4 is 0 Å². The van der Waals surface area contributed by atoms with Crippen molar-refractivity contribution in [1.82, 2.24) is 9.80 Å². The fourth-order valence-electron chi connectivity index (χ4n) is 2.38. The van der Waals surface area contributed by atoms with Crippen LogP contribution in [0.1, 0.15) is 12.8 Å². The number of hydrogen-bond donors (Lipinski definition) is 1. The van der Waals surface area contributed by atoms with Crippen LogP contribution in [0.25, 0.3) is 0 Å². The van der Waals surface area contributed by atoms with Gasteiger partial charge in [-0.05, 0) is 24.0 Å². The molecule has 1 heterocycles. The van der Waals surface area contributed by atoms with E-state index < -0.39 is 12.7 Å². The summed E-state index contributed by atoms with van der Waals surface area (Å²) >= 11 is 4.35. The molecule has 100 valence electrons. The van der Waals surface area contributed by atoms with E-state index >= 15 is 0 Å². The Hall–Kier alpha value is 0.0600. The van der Waals surface area contributed by atoms with Crippen molar-refractivity contribution in [3.05, 3.63) is 0 Å². The van der Waals surface area contributed by atoms with E-state index in [9.17, 15) is 13.2 Å². The van der Waals surface area contributed by atoms with E-state index in [4.69, 9.17) is 0 Å². The van der Waals surface area contributed by atoms with Crippen LogP contribution >= 0.6 is 12.6 Å². The fourth-order valence-corrected chi connectivity index (χ4v) is 2.79. The summed E-state index contributed by atoms with van der Waals surface area (Å²) in [5.74, 6) is 0.899. The molecule has 1 saturated carbocycles. The summed E-state index contributed by atoms with van der Waals surface area (Å²) in [6.45, 7) is 2.82. The standard InChI is InChI=1S/C11H19F3N2S/c12-11(13,14)8-16-5-3-15(4-6-16)7-10(9-17)1-2-10/h17H,1-9H2. The average Bonchev–Trinajstić information content (AvgIpc) is 3.00. The first-order valence-electron chi connectivity index (χ1n) is 6.05. The Bertz CT molecular complexity index is 258. The van der Waals surface area contributed by atoms with Crippen LogP contribution in [-0.4, -0.2) is 61.0 Å². The lowest BCUT2D eigenvalue weighted by Crippen LogP contribution is -2.50. The van der Waals surface area contributed by atoms with Crippen LogP contribution in [0.4, 0.5) is 13.2 Å². The molecule has 2 fully saturated rings. The Morgan fingerprint density at radius 1 is 1.00 bits per heavy atom. The first kappa shape index (κ1) is 13.5. The van der Waals surface area contributed by atoms with Crippen molar-refractivity contribution in [3.63, 3.8) is 0 Å². The molecule has 1 saturated heterocycles. The lowest BCUT2D eigenvalue weighted by atomic mass is 10.1. The summed E-state index contributed by atoms with van der Waals surface area (Å²) in [5, 5.41) is 0. The van der Waals surface area contributed by atoms with Gasteiger partial charge in [-0.25, -0.2) is 0 Å². The van der Waals surface area contributed by atoms with Gasteiger partial charge < -0.3 is 4.90 Å². The molecule has 2 nitrogen and oxygen atoms in total. The van der Waals surface area contributed by atoms with Gasteiger partial charge in [0.05, 0.1) is 6.54 Å². The van der Waals surface area contributed by atoms with Crippen LogP contribution in [0.15, 0.2) is 0 Å². The Kier molecular flexibility index (Phi) is 3.95. The molecule has 0 N–H and O–H groups in total. The SMILES string of the molecule is FC(F)(F)CN1CCN(CC2(CS)CC2)CC1. The van der Waals surface area contributed by atoms with Crippen molar-refractivity contribution in [2.75, 3.05) is 45.0 Å². The first-order valence-corrected chi connectivity index (χ1v) is 6.68. The molecule has 6 heteroatoms. The van der Waals surface area contributed by atoms with Gasteiger partial charge >= 0.3 is 6.18 Å². The maximum atomic E-state index is 12.2. The Morgan fingerprint density at radius 3 is 1.94 bits per heavy atom. The van der Waals surface area contributed by atoms with Gasteiger partial charge in [0.1, 0.15) is 0 Å². The smallest absolute Gasteiger partial charge is 0.300 e. The highest BCUT2D eigenvalue weighted by molar-refractivity contribution is 7.80. The molecule has 2 aliphatic rings. The molecule has 0 bridgehead atoms.